The van der Waals surface area contributed by atoms with Crippen molar-refractivity contribution in [2.75, 3.05) is 12.3 Å². The molecule has 2 aromatic rings. The van der Waals surface area contributed by atoms with Crippen LogP contribution in [0.15, 0.2) is 40.0 Å². The van der Waals surface area contributed by atoms with E-state index >= 15 is 0 Å². The van der Waals surface area contributed by atoms with E-state index in [-0.39, 0.29) is 17.1 Å². The van der Waals surface area contributed by atoms with E-state index in [4.69, 9.17) is 5.73 Å². The maximum Gasteiger partial charge on any atom is 0.245 e. The minimum absolute atomic E-state index is 0.140. The Balaban J connectivity index is 1.97. The second-order valence-corrected chi connectivity index (χ2v) is 7.38. The van der Waals surface area contributed by atoms with Gasteiger partial charge in [0, 0.05) is 30.0 Å². The maximum absolute atomic E-state index is 12.6. The highest BCUT2D eigenvalue weighted by atomic mass is 79.9. The van der Waals surface area contributed by atoms with Gasteiger partial charge in [-0.3, -0.25) is 0 Å². The average molecular weight is 357 g/mol. The fraction of sp³-hybridized carbons (Fsp3) is 0.250. The van der Waals surface area contributed by atoms with Crippen LogP contribution >= 0.6 is 15.9 Å². The Bertz CT molecular complexity index is 757. The maximum atomic E-state index is 12.6. The van der Waals surface area contributed by atoms with Crippen LogP contribution in [0.4, 0.5) is 5.69 Å². The van der Waals surface area contributed by atoms with Crippen molar-refractivity contribution in [1.82, 2.24) is 13.9 Å². The van der Waals surface area contributed by atoms with Crippen LogP contribution in [0, 0.1) is 0 Å². The van der Waals surface area contributed by atoms with E-state index in [1.807, 2.05) is 10.8 Å². The van der Waals surface area contributed by atoms with E-state index in [0.29, 0.717) is 13.1 Å². The van der Waals surface area contributed by atoms with Gasteiger partial charge in [-0.2, -0.15) is 4.31 Å². The first-order chi connectivity index (χ1) is 9.48. The van der Waals surface area contributed by atoms with E-state index < -0.39 is 10.0 Å². The number of nitrogens with zero attached hydrogens (tertiary/aromatic N) is 3. The van der Waals surface area contributed by atoms with Gasteiger partial charge in [0.25, 0.3) is 0 Å². The van der Waals surface area contributed by atoms with Crippen LogP contribution in [-0.2, 0) is 23.1 Å². The molecule has 0 unspecified atom stereocenters. The zero-order valence-electron chi connectivity index (χ0n) is 10.5. The number of sulfonamides is 1. The summed E-state index contributed by atoms with van der Waals surface area (Å²) in [5.74, 6) is 0.746. The van der Waals surface area contributed by atoms with E-state index in [0.717, 1.165) is 10.3 Å². The van der Waals surface area contributed by atoms with Crippen LogP contribution in [0.5, 0.6) is 0 Å². The molecular formula is C12H13BrN4O2S. The van der Waals surface area contributed by atoms with Gasteiger partial charge in [0.05, 0.1) is 12.2 Å². The van der Waals surface area contributed by atoms with Crippen molar-refractivity contribution in [3.05, 3.63) is 40.9 Å². The largest absolute Gasteiger partial charge is 0.398 e. The Labute approximate surface area is 125 Å². The fourth-order valence-electron chi connectivity index (χ4n) is 2.25. The number of benzene rings is 1. The molecule has 2 N–H and O–H groups in total. The van der Waals surface area contributed by atoms with Gasteiger partial charge in [0.15, 0.2) is 0 Å². The van der Waals surface area contributed by atoms with Crippen LogP contribution in [0.1, 0.15) is 5.82 Å². The number of rotatable bonds is 2. The molecular weight excluding hydrogens is 344 g/mol. The number of hydrogen-bond acceptors (Lipinski definition) is 4. The molecule has 1 aromatic heterocycles. The first-order valence-electron chi connectivity index (χ1n) is 6.03. The monoisotopic (exact) mass is 356 g/mol. The molecule has 0 aliphatic carbocycles. The Kier molecular flexibility index (Phi) is 3.31. The fourth-order valence-corrected chi connectivity index (χ4v) is 4.11. The number of nitrogen functional groups attached to an aromatic ring is 1. The number of nitrogens with two attached hydrogens (primary N) is 1. The van der Waals surface area contributed by atoms with Gasteiger partial charge in [-0.1, -0.05) is 15.9 Å². The Morgan fingerprint density at radius 3 is 2.85 bits per heavy atom. The van der Waals surface area contributed by atoms with Crippen molar-refractivity contribution in [3.8, 4) is 0 Å². The number of imidazole rings is 1. The molecule has 1 aliphatic heterocycles. The molecule has 0 saturated carbocycles. The summed E-state index contributed by atoms with van der Waals surface area (Å²) in [7, 11) is -3.60. The third-order valence-corrected chi connectivity index (χ3v) is 5.71. The summed E-state index contributed by atoms with van der Waals surface area (Å²) in [5, 5.41) is 0. The molecule has 106 valence electrons. The minimum atomic E-state index is -3.60. The lowest BCUT2D eigenvalue weighted by Gasteiger charge is -2.27. The lowest BCUT2D eigenvalue weighted by atomic mass is 10.3. The summed E-state index contributed by atoms with van der Waals surface area (Å²) in [6.07, 6.45) is 3.53. The molecule has 1 aliphatic rings. The summed E-state index contributed by atoms with van der Waals surface area (Å²) >= 11 is 3.27. The van der Waals surface area contributed by atoms with Gasteiger partial charge in [0.1, 0.15) is 10.7 Å². The Hall–Kier alpha value is -1.38. The van der Waals surface area contributed by atoms with E-state index in [9.17, 15) is 8.42 Å². The summed E-state index contributed by atoms with van der Waals surface area (Å²) in [5.41, 5.74) is 6.08. The van der Waals surface area contributed by atoms with Gasteiger partial charge >= 0.3 is 0 Å². The lowest BCUT2D eigenvalue weighted by Crippen LogP contribution is -2.38. The number of hydrogen-bond donors (Lipinski definition) is 1. The van der Waals surface area contributed by atoms with Crippen molar-refractivity contribution in [3.63, 3.8) is 0 Å². The van der Waals surface area contributed by atoms with Crippen molar-refractivity contribution in [1.29, 1.82) is 0 Å². The van der Waals surface area contributed by atoms with Gasteiger partial charge < -0.3 is 10.3 Å². The number of halogens is 1. The predicted molar refractivity (Wildman–Crippen MR) is 78.4 cm³/mol. The molecule has 6 nitrogen and oxygen atoms in total. The highest BCUT2D eigenvalue weighted by Gasteiger charge is 2.30. The van der Waals surface area contributed by atoms with Crippen molar-refractivity contribution >= 4 is 31.6 Å². The van der Waals surface area contributed by atoms with Crippen LogP contribution in [-0.4, -0.2) is 28.8 Å². The summed E-state index contributed by atoms with van der Waals surface area (Å²) < 4.78 is 29.4. The molecule has 0 fully saturated rings. The molecule has 0 saturated heterocycles. The van der Waals surface area contributed by atoms with Gasteiger partial charge in [-0.15, -0.1) is 0 Å². The van der Waals surface area contributed by atoms with Gasteiger partial charge in [-0.05, 0) is 18.2 Å². The van der Waals surface area contributed by atoms with Crippen molar-refractivity contribution in [2.45, 2.75) is 18.0 Å². The molecule has 0 radical (unpaired) electrons. The third kappa shape index (κ3) is 2.23. The highest BCUT2D eigenvalue weighted by Crippen LogP contribution is 2.27. The molecule has 1 aromatic carbocycles. The van der Waals surface area contributed by atoms with E-state index in [2.05, 4.69) is 20.9 Å². The van der Waals surface area contributed by atoms with E-state index in [1.165, 1.54) is 10.4 Å². The van der Waals surface area contributed by atoms with Gasteiger partial charge in [-0.25, -0.2) is 13.4 Å². The SMILES string of the molecule is Nc1cc(Br)ccc1S(=O)(=O)N1CCn2ccnc2C1. The predicted octanol–water partition coefficient (Wildman–Crippen LogP) is 1.43. The normalized spacial score (nSPS) is 16.1. The number of anilines is 1. The van der Waals surface area contributed by atoms with Crippen molar-refractivity contribution < 1.29 is 8.42 Å². The molecule has 2 heterocycles. The minimum Gasteiger partial charge on any atom is -0.398 e. The van der Waals surface area contributed by atoms with Crippen LogP contribution in [0.3, 0.4) is 0 Å². The van der Waals surface area contributed by atoms with E-state index in [1.54, 1.807) is 18.3 Å². The first-order valence-corrected chi connectivity index (χ1v) is 8.27. The topological polar surface area (TPSA) is 81.2 Å². The third-order valence-electron chi connectivity index (χ3n) is 3.30. The number of aromatic nitrogens is 2. The smallest absolute Gasteiger partial charge is 0.245 e. The number of fused-ring (bicyclic) bond motifs is 1. The molecule has 0 spiro atoms. The summed E-state index contributed by atoms with van der Waals surface area (Å²) in [6, 6.07) is 4.79. The van der Waals surface area contributed by atoms with Crippen LogP contribution in [0.25, 0.3) is 0 Å². The molecule has 0 atom stereocenters. The lowest BCUT2D eigenvalue weighted by molar-refractivity contribution is 0.335. The summed E-state index contributed by atoms with van der Waals surface area (Å²) in [4.78, 5) is 4.31. The summed E-state index contributed by atoms with van der Waals surface area (Å²) in [6.45, 7) is 1.29. The molecule has 3 rings (SSSR count). The van der Waals surface area contributed by atoms with Crippen LogP contribution < -0.4 is 5.73 Å². The standard InChI is InChI=1S/C12H13BrN4O2S/c13-9-1-2-11(10(14)7-9)20(18,19)17-6-5-16-4-3-15-12(16)8-17/h1-4,7H,5-6,8,14H2. The average Bonchev–Trinajstić information content (AvgIpc) is 2.85. The molecule has 8 heteroatoms. The Morgan fingerprint density at radius 1 is 1.30 bits per heavy atom. The zero-order valence-corrected chi connectivity index (χ0v) is 12.9. The zero-order chi connectivity index (χ0) is 14.3. The molecule has 0 amide bonds. The highest BCUT2D eigenvalue weighted by molar-refractivity contribution is 9.10. The molecule has 0 bridgehead atoms. The molecule has 20 heavy (non-hydrogen) atoms. The van der Waals surface area contributed by atoms with Crippen LogP contribution in [0.2, 0.25) is 0 Å². The Morgan fingerprint density at radius 2 is 2.10 bits per heavy atom. The second-order valence-electron chi connectivity index (χ2n) is 4.56. The van der Waals surface area contributed by atoms with Gasteiger partial charge in [0.2, 0.25) is 10.0 Å². The first kappa shape index (κ1) is 13.6. The van der Waals surface area contributed by atoms with Crippen molar-refractivity contribution in [2.24, 2.45) is 0 Å². The quantitative estimate of drug-likeness (QED) is 0.825. The second kappa shape index (κ2) is 4.87.